The molecule has 3 N–H and O–H groups in total. The third-order valence-electron chi connectivity index (χ3n) is 2.55. The van der Waals surface area contributed by atoms with E-state index in [0.29, 0.717) is 30.4 Å². The molecule has 0 aliphatic heterocycles. The summed E-state index contributed by atoms with van der Waals surface area (Å²) < 4.78 is 11.3. The van der Waals surface area contributed by atoms with Crippen LogP contribution in [0.4, 0.5) is 5.69 Å². The third-order valence-corrected chi connectivity index (χ3v) is 2.55. The molecule has 0 saturated heterocycles. The molecule has 1 amide bonds. The van der Waals surface area contributed by atoms with Gasteiger partial charge in [-0.05, 0) is 31.9 Å². The Hall–Kier alpha value is -1.75. The second kappa shape index (κ2) is 8.43. The van der Waals surface area contributed by atoms with E-state index >= 15 is 0 Å². The Morgan fingerprint density at radius 2 is 1.80 bits per heavy atom. The lowest BCUT2D eigenvalue weighted by atomic mass is 10.2. The van der Waals surface area contributed by atoms with E-state index < -0.39 is 6.04 Å². The summed E-state index contributed by atoms with van der Waals surface area (Å²) in [6, 6.07) is 4.80. The molecule has 0 aliphatic rings. The largest absolute Gasteiger partial charge is 0.490 e. The van der Waals surface area contributed by atoms with Gasteiger partial charge in [0.2, 0.25) is 5.91 Å². The van der Waals surface area contributed by atoms with Crippen LogP contribution >= 0.6 is 0 Å². The Bertz CT molecular complexity index is 433. The van der Waals surface area contributed by atoms with Crippen LogP contribution in [0.1, 0.15) is 33.6 Å². The molecule has 20 heavy (non-hydrogen) atoms. The van der Waals surface area contributed by atoms with E-state index in [-0.39, 0.29) is 5.91 Å². The second-order valence-corrected chi connectivity index (χ2v) is 4.64. The fourth-order valence-electron chi connectivity index (χ4n) is 1.50. The zero-order valence-corrected chi connectivity index (χ0v) is 12.4. The monoisotopic (exact) mass is 280 g/mol. The Labute approximate surface area is 120 Å². The van der Waals surface area contributed by atoms with E-state index in [1.165, 1.54) is 0 Å². The Balaban J connectivity index is 2.85. The van der Waals surface area contributed by atoms with Crippen LogP contribution in [0.25, 0.3) is 0 Å². The minimum atomic E-state index is -0.550. The quantitative estimate of drug-likeness (QED) is 0.767. The molecule has 0 saturated carbocycles. The van der Waals surface area contributed by atoms with Crippen molar-refractivity contribution in [1.29, 1.82) is 0 Å². The number of rotatable bonds is 8. The number of carbonyl (C=O) groups excluding carboxylic acids is 1. The standard InChI is InChI=1S/C15H24N2O3/c1-4-8-19-13-7-6-12(17-15(18)11(3)16)10-14(13)20-9-5-2/h6-7,10-11H,4-5,8-9,16H2,1-3H3,(H,17,18). The van der Waals surface area contributed by atoms with E-state index in [9.17, 15) is 4.79 Å². The van der Waals surface area contributed by atoms with Crippen molar-refractivity contribution in [2.75, 3.05) is 18.5 Å². The molecule has 1 unspecified atom stereocenters. The highest BCUT2D eigenvalue weighted by atomic mass is 16.5. The lowest BCUT2D eigenvalue weighted by Crippen LogP contribution is -2.32. The van der Waals surface area contributed by atoms with Gasteiger partial charge in [-0.1, -0.05) is 13.8 Å². The fourth-order valence-corrected chi connectivity index (χ4v) is 1.50. The average molecular weight is 280 g/mol. The molecule has 1 atom stereocenters. The van der Waals surface area contributed by atoms with E-state index in [2.05, 4.69) is 5.32 Å². The van der Waals surface area contributed by atoms with Crippen LogP contribution in [0.3, 0.4) is 0 Å². The maximum Gasteiger partial charge on any atom is 0.241 e. The molecular formula is C15H24N2O3. The van der Waals surface area contributed by atoms with Crippen molar-refractivity contribution < 1.29 is 14.3 Å². The number of nitrogens with two attached hydrogens (primary N) is 1. The summed E-state index contributed by atoms with van der Waals surface area (Å²) in [4.78, 5) is 11.6. The highest BCUT2D eigenvalue weighted by molar-refractivity contribution is 5.94. The van der Waals surface area contributed by atoms with E-state index in [0.717, 1.165) is 12.8 Å². The van der Waals surface area contributed by atoms with Gasteiger partial charge in [0.05, 0.1) is 19.3 Å². The maximum absolute atomic E-state index is 11.6. The van der Waals surface area contributed by atoms with Crippen LogP contribution in [0, 0.1) is 0 Å². The Morgan fingerprint density at radius 1 is 1.20 bits per heavy atom. The zero-order valence-electron chi connectivity index (χ0n) is 12.4. The molecule has 1 aromatic rings. The molecule has 0 aliphatic carbocycles. The number of hydrogen-bond acceptors (Lipinski definition) is 4. The highest BCUT2D eigenvalue weighted by Crippen LogP contribution is 2.31. The first-order valence-corrected chi connectivity index (χ1v) is 7.04. The first-order valence-electron chi connectivity index (χ1n) is 7.04. The molecule has 0 fully saturated rings. The van der Waals surface area contributed by atoms with Crippen LogP contribution in [0.2, 0.25) is 0 Å². The smallest absolute Gasteiger partial charge is 0.241 e. The van der Waals surface area contributed by atoms with Gasteiger partial charge in [-0.2, -0.15) is 0 Å². The van der Waals surface area contributed by atoms with Crippen molar-refractivity contribution in [3.63, 3.8) is 0 Å². The summed E-state index contributed by atoms with van der Waals surface area (Å²) in [6.07, 6.45) is 1.83. The van der Waals surface area contributed by atoms with Gasteiger partial charge in [-0.15, -0.1) is 0 Å². The number of ether oxygens (including phenoxy) is 2. The van der Waals surface area contributed by atoms with Crippen molar-refractivity contribution >= 4 is 11.6 Å². The van der Waals surface area contributed by atoms with Gasteiger partial charge in [0.1, 0.15) is 0 Å². The van der Waals surface area contributed by atoms with Crippen molar-refractivity contribution in [2.24, 2.45) is 5.73 Å². The lowest BCUT2D eigenvalue weighted by molar-refractivity contribution is -0.117. The third kappa shape index (κ3) is 5.09. The second-order valence-electron chi connectivity index (χ2n) is 4.64. The first kappa shape index (κ1) is 16.3. The summed E-state index contributed by atoms with van der Waals surface area (Å²) in [5, 5.41) is 2.74. The average Bonchev–Trinajstić information content (AvgIpc) is 2.43. The molecule has 1 rings (SSSR count). The number of hydrogen-bond donors (Lipinski definition) is 2. The Kier molecular flexibility index (Phi) is 6.87. The summed E-state index contributed by atoms with van der Waals surface area (Å²) in [5.41, 5.74) is 6.18. The normalized spacial score (nSPS) is 11.8. The molecule has 112 valence electrons. The van der Waals surface area contributed by atoms with Crippen molar-refractivity contribution in [3.8, 4) is 11.5 Å². The summed E-state index contributed by atoms with van der Waals surface area (Å²) >= 11 is 0. The molecule has 0 heterocycles. The number of nitrogens with one attached hydrogen (secondary N) is 1. The van der Waals surface area contributed by atoms with Crippen molar-refractivity contribution in [1.82, 2.24) is 0 Å². The summed E-state index contributed by atoms with van der Waals surface area (Å²) in [7, 11) is 0. The van der Waals surface area contributed by atoms with Gasteiger partial charge in [0.15, 0.2) is 11.5 Å². The van der Waals surface area contributed by atoms with Crippen LogP contribution in [-0.4, -0.2) is 25.2 Å². The molecular weight excluding hydrogens is 256 g/mol. The number of carbonyl (C=O) groups is 1. The minimum absolute atomic E-state index is 0.228. The topological polar surface area (TPSA) is 73.6 Å². The molecule has 0 radical (unpaired) electrons. The van der Waals surface area contributed by atoms with Gasteiger partial charge in [-0.3, -0.25) is 4.79 Å². The van der Waals surface area contributed by atoms with E-state index in [1.54, 1.807) is 25.1 Å². The fraction of sp³-hybridized carbons (Fsp3) is 0.533. The molecule has 5 nitrogen and oxygen atoms in total. The predicted octanol–water partition coefficient (Wildman–Crippen LogP) is 2.55. The molecule has 0 spiro atoms. The number of amides is 1. The van der Waals surface area contributed by atoms with Gasteiger partial charge in [-0.25, -0.2) is 0 Å². The molecule has 1 aromatic carbocycles. The van der Waals surface area contributed by atoms with Crippen LogP contribution < -0.4 is 20.5 Å². The van der Waals surface area contributed by atoms with Crippen molar-refractivity contribution in [2.45, 2.75) is 39.7 Å². The first-order chi connectivity index (χ1) is 9.58. The SMILES string of the molecule is CCCOc1ccc(NC(=O)C(C)N)cc1OCCC. The van der Waals surface area contributed by atoms with E-state index in [1.807, 2.05) is 13.8 Å². The zero-order chi connectivity index (χ0) is 15.0. The predicted molar refractivity (Wildman–Crippen MR) is 80.3 cm³/mol. The van der Waals surface area contributed by atoms with Gasteiger partial charge < -0.3 is 20.5 Å². The molecule has 5 heteroatoms. The summed E-state index contributed by atoms with van der Waals surface area (Å²) in [6.45, 7) is 6.96. The van der Waals surface area contributed by atoms with Crippen LogP contribution in [0.15, 0.2) is 18.2 Å². The molecule has 0 aromatic heterocycles. The van der Waals surface area contributed by atoms with Gasteiger partial charge >= 0.3 is 0 Å². The van der Waals surface area contributed by atoms with Gasteiger partial charge in [0.25, 0.3) is 0 Å². The highest BCUT2D eigenvalue weighted by Gasteiger charge is 2.11. The van der Waals surface area contributed by atoms with Crippen LogP contribution in [0.5, 0.6) is 11.5 Å². The number of anilines is 1. The van der Waals surface area contributed by atoms with E-state index in [4.69, 9.17) is 15.2 Å². The van der Waals surface area contributed by atoms with Crippen molar-refractivity contribution in [3.05, 3.63) is 18.2 Å². The summed E-state index contributed by atoms with van der Waals surface area (Å²) in [5.74, 6) is 1.11. The van der Waals surface area contributed by atoms with Gasteiger partial charge in [0, 0.05) is 11.8 Å². The molecule has 0 bridgehead atoms. The number of benzene rings is 1. The minimum Gasteiger partial charge on any atom is -0.490 e. The maximum atomic E-state index is 11.6. The van der Waals surface area contributed by atoms with Crippen LogP contribution in [-0.2, 0) is 4.79 Å². The Morgan fingerprint density at radius 3 is 2.35 bits per heavy atom. The lowest BCUT2D eigenvalue weighted by Gasteiger charge is -2.14.